The summed E-state index contributed by atoms with van der Waals surface area (Å²) in [4.78, 5) is 13.0. The summed E-state index contributed by atoms with van der Waals surface area (Å²) in [5, 5.41) is 7.98. The van der Waals surface area contributed by atoms with E-state index in [9.17, 15) is 8.42 Å². The largest absolute Gasteiger partial charge is 0.457 e. The topological polar surface area (TPSA) is 111 Å². The van der Waals surface area contributed by atoms with Crippen LogP contribution in [0.15, 0.2) is 72.3 Å². The molecule has 0 aliphatic heterocycles. The van der Waals surface area contributed by atoms with Crippen LogP contribution in [0.1, 0.15) is 12.5 Å². The number of nitrogens with zero attached hydrogens (tertiary/aromatic N) is 5. The first-order valence-corrected chi connectivity index (χ1v) is 11.9. The molecular formula is C23H20N6O3S. The van der Waals surface area contributed by atoms with Crippen LogP contribution in [-0.4, -0.2) is 38.7 Å². The third-order valence-corrected chi connectivity index (χ3v) is 7.00. The Hall–Kier alpha value is -4.05. The molecule has 2 aromatic carbocycles. The van der Waals surface area contributed by atoms with Gasteiger partial charge in [0.15, 0.2) is 15.5 Å². The van der Waals surface area contributed by atoms with Gasteiger partial charge in [-0.25, -0.2) is 27.9 Å². The SMILES string of the molecule is CCS(=O)(=O)c1ccc2ncnc(Nc3ccc(Oc4ccn5ncnc5c4)c(C)c3)c2c1. The van der Waals surface area contributed by atoms with E-state index < -0.39 is 9.84 Å². The van der Waals surface area contributed by atoms with Crippen molar-refractivity contribution in [1.82, 2.24) is 24.6 Å². The molecule has 0 atom stereocenters. The van der Waals surface area contributed by atoms with Crippen molar-refractivity contribution < 1.29 is 13.2 Å². The van der Waals surface area contributed by atoms with E-state index in [1.54, 1.807) is 35.8 Å². The Balaban J connectivity index is 1.43. The van der Waals surface area contributed by atoms with Crippen LogP contribution in [0.3, 0.4) is 0 Å². The van der Waals surface area contributed by atoms with E-state index in [0.29, 0.717) is 33.9 Å². The molecule has 0 amide bonds. The summed E-state index contributed by atoms with van der Waals surface area (Å²) in [5.74, 6) is 1.91. The average molecular weight is 461 g/mol. The van der Waals surface area contributed by atoms with Gasteiger partial charge in [0, 0.05) is 23.3 Å². The number of nitrogens with one attached hydrogen (secondary N) is 1. The molecule has 166 valence electrons. The number of fused-ring (bicyclic) bond motifs is 2. The molecule has 5 aromatic rings. The van der Waals surface area contributed by atoms with Gasteiger partial charge in [0.2, 0.25) is 0 Å². The van der Waals surface area contributed by atoms with Crippen LogP contribution in [0.4, 0.5) is 11.5 Å². The molecule has 0 spiro atoms. The first-order chi connectivity index (χ1) is 15.9. The molecule has 5 rings (SSSR count). The van der Waals surface area contributed by atoms with Crippen molar-refractivity contribution in [3.63, 3.8) is 0 Å². The van der Waals surface area contributed by atoms with Crippen LogP contribution in [0.25, 0.3) is 16.6 Å². The number of hydrogen-bond acceptors (Lipinski definition) is 8. The minimum absolute atomic E-state index is 0.0274. The summed E-state index contributed by atoms with van der Waals surface area (Å²) >= 11 is 0. The maximum atomic E-state index is 12.3. The Kier molecular flexibility index (Phi) is 5.14. The van der Waals surface area contributed by atoms with Crippen LogP contribution < -0.4 is 10.1 Å². The fourth-order valence-electron chi connectivity index (χ4n) is 3.46. The number of hydrogen-bond donors (Lipinski definition) is 1. The first kappa shape index (κ1) is 20.8. The van der Waals surface area contributed by atoms with Crippen molar-refractivity contribution in [3.8, 4) is 11.5 Å². The highest BCUT2D eigenvalue weighted by Gasteiger charge is 2.14. The second-order valence-corrected chi connectivity index (χ2v) is 9.72. The molecule has 0 saturated heterocycles. The van der Waals surface area contributed by atoms with Crippen molar-refractivity contribution in [1.29, 1.82) is 0 Å². The van der Waals surface area contributed by atoms with Crippen molar-refractivity contribution in [3.05, 3.63) is 72.9 Å². The maximum Gasteiger partial charge on any atom is 0.178 e. The zero-order chi connectivity index (χ0) is 23.0. The number of rotatable bonds is 6. The van der Waals surface area contributed by atoms with E-state index >= 15 is 0 Å². The monoisotopic (exact) mass is 460 g/mol. The Morgan fingerprint density at radius 1 is 1.00 bits per heavy atom. The fraction of sp³-hybridized carbons (Fsp3) is 0.130. The predicted molar refractivity (Wildman–Crippen MR) is 125 cm³/mol. The number of benzene rings is 2. The van der Waals surface area contributed by atoms with Crippen molar-refractivity contribution >= 4 is 37.9 Å². The third kappa shape index (κ3) is 4.08. The van der Waals surface area contributed by atoms with Crippen molar-refractivity contribution in [2.24, 2.45) is 0 Å². The molecule has 10 heteroatoms. The van der Waals surface area contributed by atoms with Gasteiger partial charge in [-0.05, 0) is 55.0 Å². The average Bonchev–Trinajstić information content (AvgIpc) is 3.29. The summed E-state index contributed by atoms with van der Waals surface area (Å²) in [6.07, 6.45) is 4.72. The van der Waals surface area contributed by atoms with Gasteiger partial charge in [-0.15, -0.1) is 0 Å². The van der Waals surface area contributed by atoms with E-state index in [1.165, 1.54) is 12.7 Å². The second kappa shape index (κ2) is 8.14. The van der Waals surface area contributed by atoms with E-state index in [0.717, 1.165) is 11.3 Å². The van der Waals surface area contributed by atoms with Crippen LogP contribution in [0.2, 0.25) is 0 Å². The highest BCUT2D eigenvalue weighted by Crippen LogP contribution is 2.30. The molecule has 33 heavy (non-hydrogen) atoms. The summed E-state index contributed by atoms with van der Waals surface area (Å²) in [7, 11) is -3.34. The lowest BCUT2D eigenvalue weighted by Gasteiger charge is -2.13. The Morgan fingerprint density at radius 2 is 1.88 bits per heavy atom. The number of aromatic nitrogens is 5. The van der Waals surface area contributed by atoms with E-state index in [4.69, 9.17) is 4.74 Å². The van der Waals surface area contributed by atoms with Crippen LogP contribution >= 0.6 is 0 Å². The molecule has 0 bridgehead atoms. The zero-order valence-corrected chi connectivity index (χ0v) is 18.7. The van der Waals surface area contributed by atoms with Gasteiger partial charge in [0.1, 0.15) is 30.0 Å². The third-order valence-electron chi connectivity index (χ3n) is 5.26. The molecule has 0 aliphatic carbocycles. The molecule has 9 nitrogen and oxygen atoms in total. The van der Waals surface area contributed by atoms with Crippen LogP contribution in [-0.2, 0) is 9.84 Å². The van der Waals surface area contributed by atoms with Crippen LogP contribution in [0, 0.1) is 6.92 Å². The standard InChI is InChI=1S/C23H20N6O3S/c1-3-33(30,31)18-5-6-20-19(12-18)23(26-13-24-20)28-16-4-7-21(15(2)10-16)32-17-8-9-29-22(11-17)25-14-27-29/h4-14H,3H2,1-2H3,(H,24,26,28). The number of aryl methyl sites for hydroxylation is 1. The summed E-state index contributed by atoms with van der Waals surface area (Å²) in [5.41, 5.74) is 3.05. The van der Waals surface area contributed by atoms with Gasteiger partial charge < -0.3 is 10.1 Å². The van der Waals surface area contributed by atoms with Gasteiger partial charge in [-0.2, -0.15) is 5.10 Å². The molecule has 0 radical (unpaired) electrons. The molecule has 0 saturated carbocycles. The number of anilines is 2. The van der Waals surface area contributed by atoms with Gasteiger partial charge in [0.25, 0.3) is 0 Å². The lowest BCUT2D eigenvalue weighted by molar-refractivity contribution is 0.478. The Bertz CT molecular complexity index is 1600. The molecule has 0 aliphatic rings. The zero-order valence-electron chi connectivity index (χ0n) is 17.9. The summed E-state index contributed by atoms with van der Waals surface area (Å²) in [6, 6.07) is 14.2. The van der Waals surface area contributed by atoms with Gasteiger partial charge >= 0.3 is 0 Å². The van der Waals surface area contributed by atoms with Crippen molar-refractivity contribution in [2.75, 3.05) is 11.1 Å². The summed E-state index contributed by atoms with van der Waals surface area (Å²) < 4.78 is 32.3. The lowest BCUT2D eigenvalue weighted by atomic mass is 10.2. The highest BCUT2D eigenvalue weighted by atomic mass is 32.2. The molecule has 0 fully saturated rings. The normalized spacial score (nSPS) is 11.7. The van der Waals surface area contributed by atoms with E-state index in [2.05, 4.69) is 25.4 Å². The quantitative estimate of drug-likeness (QED) is 0.399. The molecule has 1 N–H and O–H groups in total. The smallest absolute Gasteiger partial charge is 0.178 e. The molecule has 3 heterocycles. The molecular weight excluding hydrogens is 440 g/mol. The van der Waals surface area contributed by atoms with Crippen LogP contribution in [0.5, 0.6) is 11.5 Å². The second-order valence-electron chi connectivity index (χ2n) is 7.44. The fourth-order valence-corrected chi connectivity index (χ4v) is 4.37. The number of pyridine rings is 1. The van der Waals surface area contributed by atoms with E-state index in [1.807, 2.05) is 37.3 Å². The van der Waals surface area contributed by atoms with Gasteiger partial charge in [-0.3, -0.25) is 0 Å². The summed E-state index contributed by atoms with van der Waals surface area (Å²) in [6.45, 7) is 3.57. The first-order valence-electron chi connectivity index (χ1n) is 10.3. The molecule has 0 unspecified atom stereocenters. The van der Waals surface area contributed by atoms with Gasteiger partial charge in [-0.1, -0.05) is 6.92 Å². The van der Waals surface area contributed by atoms with E-state index in [-0.39, 0.29) is 10.6 Å². The maximum absolute atomic E-state index is 12.3. The lowest BCUT2D eigenvalue weighted by Crippen LogP contribution is -2.04. The molecule has 3 aromatic heterocycles. The predicted octanol–water partition coefficient (Wildman–Crippen LogP) is 4.31. The highest BCUT2D eigenvalue weighted by molar-refractivity contribution is 7.91. The van der Waals surface area contributed by atoms with Gasteiger partial charge in [0.05, 0.1) is 16.2 Å². The van der Waals surface area contributed by atoms with Crippen molar-refractivity contribution in [2.45, 2.75) is 18.7 Å². The minimum Gasteiger partial charge on any atom is -0.457 e. The Morgan fingerprint density at radius 3 is 2.70 bits per heavy atom. The minimum atomic E-state index is -3.34. The Labute approximate surface area is 190 Å². The number of ether oxygens (including phenoxy) is 1. The number of sulfone groups is 1.